The molecule has 0 aromatic carbocycles. The van der Waals surface area contributed by atoms with Crippen LogP contribution in [0, 0.1) is 11.8 Å². The van der Waals surface area contributed by atoms with E-state index in [9.17, 15) is 4.79 Å². The summed E-state index contributed by atoms with van der Waals surface area (Å²) in [6.07, 6.45) is 5.69. The van der Waals surface area contributed by atoms with Crippen molar-refractivity contribution in [2.45, 2.75) is 31.7 Å². The molecule has 0 spiro atoms. The number of amides is 1. The van der Waals surface area contributed by atoms with Gasteiger partial charge in [-0.25, -0.2) is 0 Å². The van der Waals surface area contributed by atoms with Crippen LogP contribution in [0.25, 0.3) is 0 Å². The van der Waals surface area contributed by atoms with E-state index in [1.165, 1.54) is 12.8 Å². The van der Waals surface area contributed by atoms with Crippen molar-refractivity contribution < 1.29 is 4.79 Å². The summed E-state index contributed by atoms with van der Waals surface area (Å²) in [6, 6.07) is 2.16. The number of nitrogens with two attached hydrogens (primary N) is 1. The zero-order chi connectivity index (χ0) is 13.4. The molecule has 2 heterocycles. The molecule has 104 valence electrons. The second-order valence-electron chi connectivity index (χ2n) is 5.91. The maximum absolute atomic E-state index is 12.2. The maximum Gasteiger partial charge on any atom is 0.223 e. The number of carbonyl (C=O) groups excluding carboxylic acids is 1. The first-order chi connectivity index (χ1) is 9.15. The van der Waals surface area contributed by atoms with Gasteiger partial charge in [-0.1, -0.05) is 0 Å². The Morgan fingerprint density at radius 2 is 2.26 bits per heavy atom. The van der Waals surface area contributed by atoms with Gasteiger partial charge in [0.15, 0.2) is 0 Å². The molecule has 1 saturated carbocycles. The number of rotatable bonds is 4. The fourth-order valence-electron chi connectivity index (χ4n) is 3.12. The van der Waals surface area contributed by atoms with Gasteiger partial charge in [-0.15, -0.1) is 0 Å². The summed E-state index contributed by atoms with van der Waals surface area (Å²) < 4.78 is 1.83. The van der Waals surface area contributed by atoms with E-state index in [2.05, 4.69) is 5.10 Å². The first kappa shape index (κ1) is 12.7. The molecule has 2 fully saturated rings. The molecule has 2 aliphatic rings. The minimum atomic E-state index is 0.188. The minimum Gasteiger partial charge on any atom is -0.341 e. The summed E-state index contributed by atoms with van der Waals surface area (Å²) in [5.41, 5.74) is 7.26. The predicted octanol–water partition coefficient (Wildman–Crippen LogP) is 0.548. The number of aryl methyl sites for hydroxylation is 2. The zero-order valence-corrected chi connectivity index (χ0v) is 11.5. The third-order valence-electron chi connectivity index (χ3n) is 4.51. The molecule has 2 atom stereocenters. The van der Waals surface area contributed by atoms with Gasteiger partial charge in [-0.05, 0) is 37.2 Å². The lowest BCUT2D eigenvalue weighted by molar-refractivity contribution is -0.130. The molecule has 0 bridgehead atoms. The number of hydrogen-bond donors (Lipinski definition) is 1. The third kappa shape index (κ3) is 2.66. The van der Waals surface area contributed by atoms with Crippen molar-refractivity contribution in [1.29, 1.82) is 0 Å². The molecule has 1 saturated heterocycles. The van der Waals surface area contributed by atoms with Crippen LogP contribution in [0.4, 0.5) is 0 Å². The van der Waals surface area contributed by atoms with Crippen molar-refractivity contribution in [3.05, 3.63) is 18.0 Å². The lowest BCUT2D eigenvalue weighted by atomic mass is 9.99. The van der Waals surface area contributed by atoms with Crippen molar-refractivity contribution in [3.63, 3.8) is 0 Å². The number of nitrogens with zero attached hydrogens (tertiary/aromatic N) is 3. The average molecular weight is 262 g/mol. The van der Waals surface area contributed by atoms with Gasteiger partial charge in [-0.3, -0.25) is 9.48 Å². The Bertz CT molecular complexity index is 466. The molecule has 5 nitrogen and oxygen atoms in total. The molecule has 3 rings (SSSR count). The van der Waals surface area contributed by atoms with Gasteiger partial charge >= 0.3 is 0 Å². The van der Waals surface area contributed by atoms with E-state index in [1.54, 1.807) is 6.20 Å². The normalized spacial score (nSPS) is 26.9. The van der Waals surface area contributed by atoms with Crippen LogP contribution in [0.15, 0.2) is 12.3 Å². The Kier molecular flexibility index (Phi) is 3.31. The molecule has 1 aromatic heterocycles. The number of aromatic nitrogens is 2. The van der Waals surface area contributed by atoms with E-state index in [-0.39, 0.29) is 11.9 Å². The summed E-state index contributed by atoms with van der Waals surface area (Å²) in [6.45, 7) is 1.61. The smallest absolute Gasteiger partial charge is 0.223 e. The van der Waals surface area contributed by atoms with Gasteiger partial charge in [0.1, 0.15) is 0 Å². The molecular weight excluding hydrogens is 240 g/mol. The minimum absolute atomic E-state index is 0.188. The van der Waals surface area contributed by atoms with Gasteiger partial charge in [0.05, 0.1) is 0 Å². The van der Waals surface area contributed by atoms with Crippen LogP contribution in [0.3, 0.4) is 0 Å². The van der Waals surface area contributed by atoms with E-state index in [0.717, 1.165) is 31.1 Å². The second kappa shape index (κ2) is 4.96. The van der Waals surface area contributed by atoms with Gasteiger partial charge in [-0.2, -0.15) is 5.10 Å². The van der Waals surface area contributed by atoms with Crippen LogP contribution in [0.5, 0.6) is 0 Å². The Balaban J connectivity index is 1.52. The fraction of sp³-hybridized carbons (Fsp3) is 0.714. The molecule has 0 radical (unpaired) electrons. The molecule has 1 aliphatic carbocycles. The average Bonchev–Trinajstić information content (AvgIpc) is 3.04. The highest BCUT2D eigenvalue weighted by atomic mass is 16.2. The number of hydrogen-bond acceptors (Lipinski definition) is 3. The number of carbonyl (C=O) groups is 1. The molecule has 0 unspecified atom stereocenters. The Morgan fingerprint density at radius 1 is 1.47 bits per heavy atom. The molecular formula is C14H22N4O. The van der Waals surface area contributed by atoms with Crippen LogP contribution in [0.2, 0.25) is 0 Å². The highest BCUT2D eigenvalue weighted by molar-refractivity contribution is 5.76. The summed E-state index contributed by atoms with van der Waals surface area (Å²) in [5.74, 6) is 1.56. The molecule has 1 aromatic rings. The summed E-state index contributed by atoms with van der Waals surface area (Å²) in [7, 11) is 1.91. The molecule has 1 amide bonds. The fourth-order valence-corrected chi connectivity index (χ4v) is 3.12. The highest BCUT2D eigenvalue weighted by Crippen LogP contribution is 2.40. The van der Waals surface area contributed by atoms with Gasteiger partial charge in [0.2, 0.25) is 5.91 Å². The zero-order valence-electron chi connectivity index (χ0n) is 11.5. The van der Waals surface area contributed by atoms with E-state index < -0.39 is 0 Å². The van der Waals surface area contributed by atoms with E-state index >= 15 is 0 Å². The standard InChI is InChI=1S/C14H22N4O/c1-17-11(6-7-16-17)4-5-14(19)18-8-12(10-2-3-10)13(15)9-18/h6-7,10,12-13H,2-5,8-9,15H2,1H3/t12-,13+/m1/s1. The van der Waals surface area contributed by atoms with Crippen LogP contribution in [-0.2, 0) is 18.3 Å². The predicted molar refractivity (Wildman–Crippen MR) is 72.3 cm³/mol. The van der Waals surface area contributed by atoms with Crippen molar-refractivity contribution in [3.8, 4) is 0 Å². The van der Waals surface area contributed by atoms with Gasteiger partial charge < -0.3 is 10.6 Å². The Labute approximate surface area is 113 Å². The van der Waals surface area contributed by atoms with E-state index in [4.69, 9.17) is 5.73 Å². The summed E-state index contributed by atoms with van der Waals surface area (Å²) in [5, 5.41) is 4.12. The van der Waals surface area contributed by atoms with Crippen molar-refractivity contribution in [2.75, 3.05) is 13.1 Å². The van der Waals surface area contributed by atoms with Crippen LogP contribution >= 0.6 is 0 Å². The van der Waals surface area contributed by atoms with Gasteiger partial charge in [0, 0.05) is 44.5 Å². The first-order valence-electron chi connectivity index (χ1n) is 7.15. The monoisotopic (exact) mass is 262 g/mol. The van der Waals surface area contributed by atoms with Crippen LogP contribution in [0.1, 0.15) is 25.0 Å². The molecule has 19 heavy (non-hydrogen) atoms. The maximum atomic E-state index is 12.2. The topological polar surface area (TPSA) is 64.2 Å². The Hall–Kier alpha value is -1.36. The largest absolute Gasteiger partial charge is 0.341 e. The summed E-state index contributed by atoms with van der Waals surface area (Å²) in [4.78, 5) is 14.2. The molecule has 2 N–H and O–H groups in total. The van der Waals surface area contributed by atoms with Crippen LogP contribution < -0.4 is 5.73 Å². The van der Waals surface area contributed by atoms with Crippen molar-refractivity contribution in [2.24, 2.45) is 24.6 Å². The lowest BCUT2D eigenvalue weighted by Crippen LogP contribution is -2.32. The lowest BCUT2D eigenvalue weighted by Gasteiger charge is -2.16. The quantitative estimate of drug-likeness (QED) is 0.862. The Morgan fingerprint density at radius 3 is 2.89 bits per heavy atom. The van der Waals surface area contributed by atoms with Crippen molar-refractivity contribution in [1.82, 2.24) is 14.7 Å². The SMILES string of the molecule is Cn1nccc1CCC(=O)N1C[C@H](C2CC2)[C@@H](N)C1. The van der Waals surface area contributed by atoms with E-state index in [0.29, 0.717) is 12.3 Å². The molecule has 5 heteroatoms. The second-order valence-corrected chi connectivity index (χ2v) is 5.91. The third-order valence-corrected chi connectivity index (χ3v) is 4.51. The summed E-state index contributed by atoms with van der Waals surface area (Å²) >= 11 is 0. The highest BCUT2D eigenvalue weighted by Gasteiger charge is 2.41. The van der Waals surface area contributed by atoms with E-state index in [1.807, 2.05) is 22.7 Å². The van der Waals surface area contributed by atoms with Gasteiger partial charge in [0.25, 0.3) is 0 Å². The van der Waals surface area contributed by atoms with Crippen molar-refractivity contribution >= 4 is 5.91 Å². The number of likely N-dealkylation sites (tertiary alicyclic amines) is 1. The molecule has 1 aliphatic heterocycles. The first-order valence-corrected chi connectivity index (χ1v) is 7.15. The van der Waals surface area contributed by atoms with Crippen LogP contribution in [-0.4, -0.2) is 39.7 Å².